The van der Waals surface area contributed by atoms with E-state index in [1.807, 2.05) is 6.92 Å². The van der Waals surface area contributed by atoms with Gasteiger partial charge in [-0.1, -0.05) is 6.92 Å². The minimum atomic E-state index is -3.59. The van der Waals surface area contributed by atoms with Gasteiger partial charge in [-0.05, 0) is 36.8 Å². The Balaban J connectivity index is 3.09. The molecule has 0 spiro atoms. The fourth-order valence-electron chi connectivity index (χ4n) is 1.57. The molecule has 0 atom stereocenters. The highest BCUT2D eigenvalue weighted by molar-refractivity contribution is 7.89. The predicted molar refractivity (Wildman–Crippen MR) is 88.4 cm³/mol. The van der Waals surface area contributed by atoms with Crippen LogP contribution in [0.3, 0.4) is 0 Å². The molecule has 0 aromatic heterocycles. The number of hydrogen-bond donors (Lipinski definition) is 2. The lowest BCUT2D eigenvalue weighted by molar-refractivity contribution is 0.400. The highest BCUT2D eigenvalue weighted by atomic mass is 32.2. The molecule has 1 aromatic rings. The first-order valence-electron chi connectivity index (χ1n) is 6.48. The van der Waals surface area contributed by atoms with Crippen LogP contribution in [-0.2, 0) is 10.0 Å². The fourth-order valence-corrected chi connectivity index (χ4v) is 2.86. The van der Waals surface area contributed by atoms with E-state index in [1.165, 1.54) is 27.3 Å². The smallest absolute Gasteiger partial charge is 0.246 e. The Kier molecular flexibility index (Phi) is 6.38. The van der Waals surface area contributed by atoms with E-state index < -0.39 is 10.0 Å². The van der Waals surface area contributed by atoms with Gasteiger partial charge in [0.1, 0.15) is 10.6 Å². The van der Waals surface area contributed by atoms with Crippen molar-refractivity contribution in [2.75, 3.05) is 33.1 Å². The van der Waals surface area contributed by atoms with E-state index >= 15 is 0 Å². The first-order valence-corrected chi connectivity index (χ1v) is 8.33. The quantitative estimate of drug-likeness (QED) is 0.772. The number of nitrogens with one attached hydrogen (secondary N) is 2. The van der Waals surface area contributed by atoms with Gasteiger partial charge in [-0.15, -0.1) is 0 Å². The van der Waals surface area contributed by atoms with E-state index in [9.17, 15) is 8.42 Å². The highest BCUT2D eigenvalue weighted by Gasteiger charge is 2.22. The third-order valence-electron chi connectivity index (χ3n) is 2.72. The van der Waals surface area contributed by atoms with Crippen molar-refractivity contribution >= 4 is 33.0 Å². The minimum Gasteiger partial charge on any atom is -0.495 e. The number of ether oxygens (including phenoxy) is 1. The molecule has 0 unspecified atom stereocenters. The first kappa shape index (κ1) is 17.7. The van der Waals surface area contributed by atoms with Crippen molar-refractivity contribution in [3.63, 3.8) is 0 Å². The lowest BCUT2D eigenvalue weighted by Gasteiger charge is -2.16. The Hall–Kier alpha value is -1.38. The van der Waals surface area contributed by atoms with E-state index in [0.29, 0.717) is 16.5 Å². The molecule has 0 fully saturated rings. The number of thiocarbonyl (C=S) groups is 1. The molecule has 0 bridgehead atoms. The van der Waals surface area contributed by atoms with Crippen LogP contribution in [0.2, 0.25) is 0 Å². The summed E-state index contributed by atoms with van der Waals surface area (Å²) in [6.45, 7) is 2.79. The maximum Gasteiger partial charge on any atom is 0.246 e. The number of methoxy groups -OCH3 is 1. The number of nitrogens with zero attached hydrogens (tertiary/aromatic N) is 1. The van der Waals surface area contributed by atoms with Gasteiger partial charge in [0.25, 0.3) is 0 Å². The standard InChI is InChI=1S/C13H21N3O3S2/c1-5-8-14-13(20)15-10-6-7-11(19-4)12(9-10)21(17,18)16(2)3/h6-7,9H,5,8H2,1-4H3,(H2,14,15,20). The maximum absolute atomic E-state index is 12.3. The van der Waals surface area contributed by atoms with Crippen LogP contribution in [0.4, 0.5) is 5.69 Å². The molecule has 0 amide bonds. The van der Waals surface area contributed by atoms with E-state index in [-0.39, 0.29) is 4.90 Å². The molecular formula is C13H21N3O3S2. The number of hydrogen-bond acceptors (Lipinski definition) is 4. The molecule has 0 heterocycles. The van der Waals surface area contributed by atoms with Crippen molar-refractivity contribution in [2.24, 2.45) is 0 Å². The molecule has 8 heteroatoms. The monoisotopic (exact) mass is 331 g/mol. The summed E-state index contributed by atoms with van der Waals surface area (Å²) >= 11 is 5.14. The normalized spacial score (nSPS) is 11.3. The van der Waals surface area contributed by atoms with E-state index in [4.69, 9.17) is 17.0 Å². The van der Waals surface area contributed by atoms with Gasteiger partial charge in [0.2, 0.25) is 10.0 Å². The van der Waals surface area contributed by atoms with Crippen molar-refractivity contribution in [1.82, 2.24) is 9.62 Å². The van der Waals surface area contributed by atoms with E-state index in [0.717, 1.165) is 17.3 Å². The summed E-state index contributed by atoms with van der Waals surface area (Å²) in [7, 11) is 0.794. The van der Waals surface area contributed by atoms with Gasteiger partial charge in [-0.25, -0.2) is 12.7 Å². The summed E-state index contributed by atoms with van der Waals surface area (Å²) in [6.07, 6.45) is 0.949. The molecule has 1 aromatic carbocycles. The predicted octanol–water partition coefficient (Wildman–Crippen LogP) is 1.64. The molecule has 1 rings (SSSR count). The Bertz CT molecular complexity index is 601. The van der Waals surface area contributed by atoms with Gasteiger partial charge in [0, 0.05) is 26.3 Å². The molecule has 0 aliphatic rings. The van der Waals surface area contributed by atoms with Crippen LogP contribution in [-0.4, -0.2) is 45.6 Å². The van der Waals surface area contributed by atoms with Crippen molar-refractivity contribution < 1.29 is 13.2 Å². The number of sulfonamides is 1. The lowest BCUT2D eigenvalue weighted by Crippen LogP contribution is -2.29. The van der Waals surface area contributed by atoms with Gasteiger partial charge in [-0.2, -0.15) is 0 Å². The Morgan fingerprint density at radius 2 is 2.05 bits per heavy atom. The first-order chi connectivity index (χ1) is 9.82. The minimum absolute atomic E-state index is 0.0956. The fraction of sp³-hybridized carbons (Fsp3) is 0.462. The molecule has 0 saturated heterocycles. The third kappa shape index (κ3) is 4.55. The summed E-state index contributed by atoms with van der Waals surface area (Å²) in [5, 5.41) is 6.43. The average Bonchev–Trinajstić information content (AvgIpc) is 2.44. The van der Waals surface area contributed by atoms with Crippen molar-refractivity contribution in [3.05, 3.63) is 18.2 Å². The van der Waals surface area contributed by atoms with Crippen molar-refractivity contribution in [1.29, 1.82) is 0 Å². The van der Waals surface area contributed by atoms with Crippen LogP contribution in [0.5, 0.6) is 5.75 Å². The summed E-state index contributed by atoms with van der Waals surface area (Å²) < 4.78 is 30.8. The Labute approximate surface area is 131 Å². The largest absolute Gasteiger partial charge is 0.495 e. The van der Waals surface area contributed by atoms with Crippen LogP contribution < -0.4 is 15.4 Å². The lowest BCUT2D eigenvalue weighted by atomic mass is 10.3. The van der Waals surface area contributed by atoms with Gasteiger partial charge >= 0.3 is 0 Å². The molecule has 0 aliphatic carbocycles. The Morgan fingerprint density at radius 1 is 1.38 bits per heavy atom. The molecule has 0 saturated carbocycles. The molecule has 0 radical (unpaired) electrons. The van der Waals surface area contributed by atoms with E-state index in [1.54, 1.807) is 12.1 Å². The van der Waals surface area contributed by atoms with Crippen LogP contribution in [0.15, 0.2) is 23.1 Å². The zero-order valence-corrected chi connectivity index (χ0v) is 14.3. The van der Waals surface area contributed by atoms with Gasteiger partial charge in [0.05, 0.1) is 7.11 Å². The maximum atomic E-state index is 12.3. The molecule has 0 aliphatic heterocycles. The Morgan fingerprint density at radius 3 is 2.57 bits per heavy atom. The zero-order valence-electron chi connectivity index (χ0n) is 12.6. The SMILES string of the molecule is CCCNC(=S)Nc1ccc(OC)c(S(=O)(=O)N(C)C)c1. The second kappa shape index (κ2) is 7.58. The number of benzene rings is 1. The van der Waals surface area contributed by atoms with Gasteiger partial charge in [-0.3, -0.25) is 0 Å². The third-order valence-corrected chi connectivity index (χ3v) is 4.80. The van der Waals surface area contributed by atoms with Crippen molar-refractivity contribution in [2.45, 2.75) is 18.2 Å². The second-order valence-electron chi connectivity index (χ2n) is 4.53. The van der Waals surface area contributed by atoms with Gasteiger partial charge in [0.15, 0.2) is 5.11 Å². The zero-order chi connectivity index (χ0) is 16.0. The molecule has 21 heavy (non-hydrogen) atoms. The molecule has 2 N–H and O–H groups in total. The van der Waals surface area contributed by atoms with Crippen LogP contribution in [0.1, 0.15) is 13.3 Å². The molecule has 6 nitrogen and oxygen atoms in total. The topological polar surface area (TPSA) is 70.7 Å². The van der Waals surface area contributed by atoms with E-state index in [2.05, 4.69) is 10.6 Å². The highest BCUT2D eigenvalue weighted by Crippen LogP contribution is 2.28. The molecule has 118 valence electrons. The number of anilines is 1. The second-order valence-corrected chi connectivity index (χ2v) is 7.06. The van der Waals surface area contributed by atoms with Crippen LogP contribution in [0.25, 0.3) is 0 Å². The number of rotatable bonds is 6. The summed E-state index contributed by atoms with van der Waals surface area (Å²) in [6, 6.07) is 4.82. The van der Waals surface area contributed by atoms with Crippen molar-refractivity contribution in [3.8, 4) is 5.75 Å². The van der Waals surface area contributed by atoms with Gasteiger partial charge < -0.3 is 15.4 Å². The summed E-state index contributed by atoms with van der Waals surface area (Å²) in [5.74, 6) is 0.293. The molecular weight excluding hydrogens is 310 g/mol. The average molecular weight is 331 g/mol. The summed E-state index contributed by atoms with van der Waals surface area (Å²) in [4.78, 5) is 0.0956. The van der Waals surface area contributed by atoms with Crippen LogP contribution in [0, 0.1) is 0 Å². The summed E-state index contributed by atoms with van der Waals surface area (Å²) in [5.41, 5.74) is 0.588. The van der Waals surface area contributed by atoms with Crippen LogP contribution >= 0.6 is 12.2 Å².